The molecule has 204 valence electrons. The number of benzene rings is 2. The smallest absolute Gasteiger partial charge is 0.0770 e. The molecule has 1 unspecified atom stereocenters. The molecule has 1 atom stereocenters. The number of nitrogens with zero attached hydrogens (tertiary/aromatic N) is 2. The van der Waals surface area contributed by atoms with Crippen LogP contribution < -0.4 is 0 Å². The van der Waals surface area contributed by atoms with E-state index in [4.69, 9.17) is 9.97 Å². The highest BCUT2D eigenvalue weighted by Gasteiger charge is 2.39. The van der Waals surface area contributed by atoms with E-state index in [-0.39, 0.29) is 16.2 Å². The van der Waals surface area contributed by atoms with Gasteiger partial charge in [0.15, 0.2) is 0 Å². The van der Waals surface area contributed by atoms with Crippen molar-refractivity contribution in [3.05, 3.63) is 129 Å². The summed E-state index contributed by atoms with van der Waals surface area (Å²) in [6.07, 6.45) is 1.97. The first-order valence-electron chi connectivity index (χ1n) is 14.2. The third kappa shape index (κ3) is 5.44. The lowest BCUT2D eigenvalue weighted by molar-refractivity contribution is 0.550. The van der Waals surface area contributed by atoms with Crippen LogP contribution in [0.25, 0.3) is 0 Å². The Hall–Kier alpha value is -3.26. The maximum Gasteiger partial charge on any atom is 0.0770 e. The molecule has 2 aromatic carbocycles. The van der Waals surface area contributed by atoms with E-state index in [1.807, 2.05) is 6.20 Å². The lowest BCUT2D eigenvalue weighted by Crippen LogP contribution is -2.32. The summed E-state index contributed by atoms with van der Waals surface area (Å²) in [4.78, 5) is 10.6. The summed E-state index contributed by atoms with van der Waals surface area (Å²) in [5.41, 5.74) is 9.97. The molecule has 0 aliphatic carbocycles. The lowest BCUT2D eigenvalue weighted by atomic mass is 9.71. The van der Waals surface area contributed by atoms with Crippen LogP contribution in [-0.2, 0) is 21.7 Å². The van der Waals surface area contributed by atoms with Gasteiger partial charge in [-0.25, -0.2) is 0 Å². The molecule has 4 rings (SSSR count). The summed E-state index contributed by atoms with van der Waals surface area (Å²) in [5.74, 6) is 0. The second-order valence-electron chi connectivity index (χ2n) is 13.9. The van der Waals surface area contributed by atoms with E-state index in [2.05, 4.69) is 149 Å². The number of aryl methyl sites for hydroxylation is 2. The van der Waals surface area contributed by atoms with Crippen molar-refractivity contribution in [2.24, 2.45) is 0 Å². The van der Waals surface area contributed by atoms with E-state index in [1.54, 1.807) is 0 Å². The van der Waals surface area contributed by atoms with E-state index < -0.39 is 5.41 Å². The highest BCUT2D eigenvalue weighted by Crippen LogP contribution is 2.43. The summed E-state index contributed by atoms with van der Waals surface area (Å²) in [6, 6.07) is 26.5. The van der Waals surface area contributed by atoms with Crippen LogP contribution in [0.15, 0.2) is 79.0 Å². The molecule has 2 heteroatoms. The first kappa shape index (κ1) is 28.7. The second-order valence-corrected chi connectivity index (χ2v) is 13.9. The van der Waals surface area contributed by atoms with Crippen LogP contribution in [0.2, 0.25) is 0 Å². The molecule has 0 N–H and O–H groups in total. The Morgan fingerprint density at radius 3 is 1.54 bits per heavy atom. The van der Waals surface area contributed by atoms with Gasteiger partial charge in [-0.05, 0) is 89.2 Å². The fourth-order valence-electron chi connectivity index (χ4n) is 5.66. The second kappa shape index (κ2) is 10.0. The van der Waals surface area contributed by atoms with Crippen LogP contribution in [0.5, 0.6) is 0 Å². The summed E-state index contributed by atoms with van der Waals surface area (Å²) >= 11 is 0. The standard InChI is InChI=1S/C37H46N2/c1-25-16-12-14-18-29(25)36(9,10)31-23-28(35(6,7)8)24-33(39-31)37(11,30-19-15-13-17-26(30)2)32-22-27(20-21-38-32)34(3,4)5/h12-24H,1-11H3. The van der Waals surface area contributed by atoms with E-state index in [9.17, 15) is 0 Å². The Labute approximate surface area is 237 Å². The molecular weight excluding hydrogens is 472 g/mol. The van der Waals surface area contributed by atoms with Crippen molar-refractivity contribution in [2.45, 2.75) is 97.8 Å². The van der Waals surface area contributed by atoms with Gasteiger partial charge in [0.1, 0.15) is 0 Å². The summed E-state index contributed by atoms with van der Waals surface area (Å²) in [6.45, 7) is 25.0. The maximum absolute atomic E-state index is 5.55. The summed E-state index contributed by atoms with van der Waals surface area (Å²) < 4.78 is 0. The molecule has 0 amide bonds. The number of rotatable bonds is 5. The van der Waals surface area contributed by atoms with Gasteiger partial charge in [-0.3, -0.25) is 9.97 Å². The Balaban J connectivity index is 2.09. The highest BCUT2D eigenvalue weighted by molar-refractivity contribution is 5.51. The molecule has 0 radical (unpaired) electrons. The van der Waals surface area contributed by atoms with Crippen molar-refractivity contribution < 1.29 is 0 Å². The van der Waals surface area contributed by atoms with E-state index in [0.29, 0.717) is 0 Å². The normalized spacial score (nSPS) is 14.2. The molecule has 0 aliphatic rings. The minimum absolute atomic E-state index is 0.0169. The van der Waals surface area contributed by atoms with Gasteiger partial charge in [0.2, 0.25) is 0 Å². The predicted molar refractivity (Wildman–Crippen MR) is 166 cm³/mol. The van der Waals surface area contributed by atoms with Gasteiger partial charge < -0.3 is 0 Å². The SMILES string of the molecule is Cc1ccccc1C(C)(C)c1cc(C(C)(C)C)cc(C(C)(c2cc(C(C)(C)C)ccn2)c2ccccc2C)n1. The zero-order chi connectivity index (χ0) is 28.8. The van der Waals surface area contributed by atoms with Gasteiger partial charge in [0.25, 0.3) is 0 Å². The molecule has 0 spiro atoms. The van der Waals surface area contributed by atoms with Crippen molar-refractivity contribution in [2.75, 3.05) is 0 Å². The van der Waals surface area contributed by atoms with Gasteiger partial charge in [-0.2, -0.15) is 0 Å². The Morgan fingerprint density at radius 1 is 0.513 bits per heavy atom. The molecule has 2 nitrogen and oxygen atoms in total. The quantitative estimate of drug-likeness (QED) is 0.263. The van der Waals surface area contributed by atoms with Crippen molar-refractivity contribution in [3.63, 3.8) is 0 Å². The average molecular weight is 519 g/mol. The third-order valence-corrected chi connectivity index (χ3v) is 8.48. The highest BCUT2D eigenvalue weighted by atomic mass is 14.8. The average Bonchev–Trinajstić information content (AvgIpc) is 2.87. The molecular formula is C37H46N2. The molecule has 0 aliphatic heterocycles. The van der Waals surface area contributed by atoms with Crippen LogP contribution in [0.3, 0.4) is 0 Å². The molecule has 0 bridgehead atoms. The first-order valence-corrected chi connectivity index (χ1v) is 14.2. The fraction of sp³-hybridized carbons (Fsp3) is 0.405. The third-order valence-electron chi connectivity index (χ3n) is 8.48. The molecule has 0 saturated heterocycles. The van der Waals surface area contributed by atoms with Crippen LogP contribution in [-0.4, -0.2) is 9.97 Å². The summed E-state index contributed by atoms with van der Waals surface area (Å²) in [7, 11) is 0. The topological polar surface area (TPSA) is 25.8 Å². The first-order chi connectivity index (χ1) is 18.1. The van der Waals surface area contributed by atoms with Crippen molar-refractivity contribution >= 4 is 0 Å². The van der Waals surface area contributed by atoms with E-state index >= 15 is 0 Å². The van der Waals surface area contributed by atoms with Crippen molar-refractivity contribution in [1.29, 1.82) is 0 Å². The molecule has 4 aromatic rings. The van der Waals surface area contributed by atoms with Gasteiger partial charge in [0, 0.05) is 11.6 Å². The maximum atomic E-state index is 5.55. The zero-order valence-corrected chi connectivity index (χ0v) is 25.9. The van der Waals surface area contributed by atoms with Gasteiger partial charge in [-0.1, -0.05) is 104 Å². The monoisotopic (exact) mass is 518 g/mol. The molecule has 2 heterocycles. The van der Waals surface area contributed by atoms with Crippen molar-refractivity contribution in [3.8, 4) is 0 Å². The number of hydrogen-bond acceptors (Lipinski definition) is 2. The van der Waals surface area contributed by atoms with Gasteiger partial charge >= 0.3 is 0 Å². The van der Waals surface area contributed by atoms with E-state index in [0.717, 1.165) is 17.1 Å². The van der Waals surface area contributed by atoms with Crippen molar-refractivity contribution in [1.82, 2.24) is 9.97 Å². The van der Waals surface area contributed by atoms with Gasteiger partial charge in [-0.15, -0.1) is 0 Å². The van der Waals surface area contributed by atoms with Crippen LogP contribution in [0, 0.1) is 13.8 Å². The zero-order valence-electron chi connectivity index (χ0n) is 25.9. The Morgan fingerprint density at radius 2 is 1.00 bits per heavy atom. The predicted octanol–water partition coefficient (Wildman–Crippen LogP) is 9.37. The van der Waals surface area contributed by atoms with E-state index in [1.165, 1.54) is 33.4 Å². The van der Waals surface area contributed by atoms with Crippen LogP contribution in [0.1, 0.15) is 113 Å². The van der Waals surface area contributed by atoms with Crippen LogP contribution >= 0.6 is 0 Å². The van der Waals surface area contributed by atoms with Gasteiger partial charge in [0.05, 0.1) is 22.5 Å². The summed E-state index contributed by atoms with van der Waals surface area (Å²) in [5, 5.41) is 0. The molecule has 0 fully saturated rings. The number of pyridine rings is 2. The minimum atomic E-state index is -0.537. The minimum Gasteiger partial charge on any atom is -0.260 e. The molecule has 0 saturated carbocycles. The Kier molecular flexibility index (Phi) is 7.40. The van der Waals surface area contributed by atoms with Crippen LogP contribution in [0.4, 0.5) is 0 Å². The number of aromatic nitrogens is 2. The largest absolute Gasteiger partial charge is 0.260 e. The molecule has 39 heavy (non-hydrogen) atoms. The molecule has 2 aromatic heterocycles. The lowest BCUT2D eigenvalue weighted by Gasteiger charge is -2.36. The Bertz CT molecular complexity index is 1480. The number of hydrogen-bond donors (Lipinski definition) is 0. The fourth-order valence-corrected chi connectivity index (χ4v) is 5.66.